The van der Waals surface area contributed by atoms with E-state index < -0.39 is 17.7 Å². The van der Waals surface area contributed by atoms with Crippen LogP contribution in [0.5, 0.6) is 0 Å². The molecule has 89 heavy (non-hydrogen) atoms. The Morgan fingerprint density at radius 3 is 0.753 bits per heavy atom. The molecule has 0 saturated carbocycles. The number of hydrogen-bond donors (Lipinski definition) is 0. The average molecular weight is 1160 g/mol. The quantitative estimate of drug-likeness (QED) is 0.144. The number of aromatic nitrogens is 8. The first-order valence-electron chi connectivity index (χ1n) is 29.7. The fourth-order valence-corrected chi connectivity index (χ4v) is 14.2. The summed E-state index contributed by atoms with van der Waals surface area (Å²) in [5.41, 5.74) is 13.9. The zero-order valence-corrected chi connectivity index (χ0v) is 48.2. The zero-order valence-electron chi connectivity index (χ0n) is 48.2. The predicted molar refractivity (Wildman–Crippen MR) is 356 cm³/mol. The second-order valence-corrected chi connectivity index (χ2v) is 23.1. The standard InChI is InChI=1S/C78H51F3N8/c1-47(2)72-74(86-68-23-19-52(48-27-35-82-36-28-48)43-60(68)61-44-53(20-24-69(61)86)49-29-37-83-38-30-49)76(88-64-15-7-3-11-56(64)57-12-4-8-16-65(57)88)73(78(79,80)81)77(89-66-17-9-5-13-58(66)59-14-6-10-18-67(59)89)75(72)87-70-25-21-54(50-31-39-84-40-32-50)45-62(70)63-46-55(22-26-71(63)87)51-33-41-85-42-34-51/h3-47H,1-2H3. The van der Waals surface area contributed by atoms with Crippen molar-refractivity contribution in [2.45, 2.75) is 25.9 Å². The number of para-hydroxylation sites is 4. The van der Waals surface area contributed by atoms with Crippen LogP contribution in [0.15, 0.2) is 268 Å². The molecule has 424 valence electrons. The Morgan fingerprint density at radius 1 is 0.270 bits per heavy atom. The van der Waals surface area contributed by atoms with Crippen molar-refractivity contribution in [1.82, 2.24) is 38.2 Å². The lowest BCUT2D eigenvalue weighted by atomic mass is 9.91. The summed E-state index contributed by atoms with van der Waals surface area (Å²) in [6.07, 6.45) is 9.22. The van der Waals surface area contributed by atoms with Gasteiger partial charge in [-0.05, 0) is 172 Å². The molecule has 0 aliphatic rings. The van der Waals surface area contributed by atoms with Crippen molar-refractivity contribution in [2.24, 2.45) is 0 Å². The zero-order chi connectivity index (χ0) is 59.6. The molecule has 17 aromatic rings. The lowest BCUT2D eigenvalue weighted by Crippen LogP contribution is -2.23. The average Bonchev–Trinajstić information content (AvgIpc) is 1.68. The Kier molecular flexibility index (Phi) is 11.7. The van der Waals surface area contributed by atoms with E-state index in [2.05, 4.69) is 116 Å². The SMILES string of the molecule is CC(C)c1c(-n2c3ccc(-c4ccncc4)cc3c3cc(-c4ccncc4)ccc32)c(-n2c3ccccc3c3ccccc32)c(C(F)(F)F)c(-n2c3ccccc3c3ccccc32)c1-n1c2ccc(-c3ccncc3)cc2c2cc(-c3ccncc3)ccc21. The molecular weight excluding hydrogens is 1110 g/mol. The fraction of sp³-hybridized carbons (Fsp3) is 0.0513. The van der Waals surface area contributed by atoms with Crippen LogP contribution in [-0.2, 0) is 6.18 Å². The molecule has 0 bridgehead atoms. The number of halogens is 3. The summed E-state index contributed by atoms with van der Waals surface area (Å²) < 4.78 is 64.6. The predicted octanol–water partition coefficient (Wildman–Crippen LogP) is 20.5. The summed E-state index contributed by atoms with van der Waals surface area (Å²) in [7, 11) is 0. The van der Waals surface area contributed by atoms with E-state index in [1.807, 2.05) is 155 Å². The molecule has 0 saturated heterocycles. The highest BCUT2D eigenvalue weighted by atomic mass is 19.4. The molecule has 0 N–H and O–H groups in total. The summed E-state index contributed by atoms with van der Waals surface area (Å²) >= 11 is 0. The van der Waals surface area contributed by atoms with Crippen LogP contribution in [0.3, 0.4) is 0 Å². The van der Waals surface area contributed by atoms with Crippen molar-refractivity contribution in [3.63, 3.8) is 0 Å². The molecule has 0 amide bonds. The second kappa shape index (κ2) is 20.1. The molecule has 9 aromatic carbocycles. The van der Waals surface area contributed by atoms with Gasteiger partial charge in [0.2, 0.25) is 0 Å². The maximum Gasteiger partial charge on any atom is 0.420 e. The highest BCUT2D eigenvalue weighted by Gasteiger charge is 2.45. The minimum atomic E-state index is -5.04. The van der Waals surface area contributed by atoms with Gasteiger partial charge in [-0.3, -0.25) is 19.9 Å². The van der Waals surface area contributed by atoms with Crippen LogP contribution in [0.1, 0.15) is 30.9 Å². The number of pyridine rings is 4. The third-order valence-electron chi connectivity index (χ3n) is 17.9. The molecule has 11 heteroatoms. The van der Waals surface area contributed by atoms with Crippen molar-refractivity contribution in [3.05, 3.63) is 279 Å². The maximum atomic E-state index is 18.8. The van der Waals surface area contributed by atoms with E-state index in [-0.39, 0.29) is 11.4 Å². The van der Waals surface area contributed by atoms with Gasteiger partial charge in [-0.25, -0.2) is 0 Å². The molecule has 0 spiro atoms. The number of alkyl halides is 3. The second-order valence-electron chi connectivity index (χ2n) is 23.1. The van der Waals surface area contributed by atoms with Gasteiger partial charge in [-0.2, -0.15) is 13.2 Å². The summed E-state index contributed by atoms with van der Waals surface area (Å²) in [5.74, 6) is -0.444. The minimum Gasteiger partial charge on any atom is -0.307 e. The van der Waals surface area contributed by atoms with Gasteiger partial charge in [-0.15, -0.1) is 0 Å². The van der Waals surface area contributed by atoms with Crippen molar-refractivity contribution >= 4 is 87.2 Å². The Hall–Kier alpha value is -11.4. The van der Waals surface area contributed by atoms with Gasteiger partial charge in [0.15, 0.2) is 0 Å². The summed E-state index contributed by atoms with van der Waals surface area (Å²) in [4.78, 5) is 17.4. The van der Waals surface area contributed by atoms with Crippen LogP contribution in [-0.4, -0.2) is 38.2 Å². The maximum absolute atomic E-state index is 18.8. The number of nitrogens with zero attached hydrogens (tertiary/aromatic N) is 8. The van der Waals surface area contributed by atoms with E-state index in [4.69, 9.17) is 0 Å². The number of fused-ring (bicyclic) bond motifs is 12. The van der Waals surface area contributed by atoms with E-state index >= 15 is 13.2 Å². The first-order valence-corrected chi connectivity index (χ1v) is 29.7. The van der Waals surface area contributed by atoms with Gasteiger partial charge < -0.3 is 18.3 Å². The van der Waals surface area contributed by atoms with Crippen LogP contribution in [0.4, 0.5) is 13.2 Å². The van der Waals surface area contributed by atoms with Crippen molar-refractivity contribution in [2.75, 3.05) is 0 Å². The Labute approximate surface area is 508 Å². The van der Waals surface area contributed by atoms with Crippen LogP contribution in [0.25, 0.3) is 154 Å². The van der Waals surface area contributed by atoms with E-state index in [1.54, 1.807) is 49.6 Å². The van der Waals surface area contributed by atoms with Crippen LogP contribution in [0.2, 0.25) is 0 Å². The topological polar surface area (TPSA) is 71.3 Å². The molecule has 0 aliphatic carbocycles. The number of hydrogen-bond acceptors (Lipinski definition) is 4. The molecule has 8 nitrogen and oxygen atoms in total. The molecule has 8 aromatic heterocycles. The van der Waals surface area contributed by atoms with Crippen molar-refractivity contribution < 1.29 is 13.2 Å². The van der Waals surface area contributed by atoms with Crippen LogP contribution in [0, 0.1) is 0 Å². The van der Waals surface area contributed by atoms with E-state index in [1.165, 1.54) is 0 Å². The molecule has 0 unspecified atom stereocenters. The van der Waals surface area contributed by atoms with E-state index in [9.17, 15) is 0 Å². The van der Waals surface area contributed by atoms with Crippen molar-refractivity contribution in [1.29, 1.82) is 0 Å². The van der Waals surface area contributed by atoms with Gasteiger partial charge in [0.25, 0.3) is 0 Å². The van der Waals surface area contributed by atoms with Crippen LogP contribution >= 0.6 is 0 Å². The normalized spacial score (nSPS) is 12.2. The molecular formula is C78H51F3N8. The Morgan fingerprint density at radius 2 is 0.506 bits per heavy atom. The van der Waals surface area contributed by atoms with Gasteiger partial charge in [0.1, 0.15) is 5.56 Å². The highest BCUT2D eigenvalue weighted by Crippen LogP contribution is 2.55. The third kappa shape index (κ3) is 8.01. The molecule has 17 rings (SSSR count). The van der Waals surface area contributed by atoms with Gasteiger partial charge in [-0.1, -0.05) is 111 Å². The molecule has 0 atom stereocenters. The number of benzene rings is 9. The lowest BCUT2D eigenvalue weighted by Gasteiger charge is -2.32. The van der Waals surface area contributed by atoms with E-state index in [0.717, 1.165) is 110 Å². The van der Waals surface area contributed by atoms with Crippen LogP contribution < -0.4 is 0 Å². The highest BCUT2D eigenvalue weighted by molar-refractivity contribution is 6.17. The first kappa shape index (κ1) is 51.9. The summed E-state index contributed by atoms with van der Waals surface area (Å²) in [6, 6.07) is 72.8. The smallest absolute Gasteiger partial charge is 0.307 e. The minimum absolute atomic E-state index is 0.00940. The molecule has 0 fully saturated rings. The molecule has 8 heterocycles. The van der Waals surface area contributed by atoms with Gasteiger partial charge in [0, 0.05) is 98.2 Å². The third-order valence-corrected chi connectivity index (χ3v) is 17.9. The molecule has 0 aliphatic heterocycles. The fourth-order valence-electron chi connectivity index (χ4n) is 14.2. The summed E-state index contributed by atoms with van der Waals surface area (Å²) in [6.45, 7) is 4.27. The number of rotatable bonds is 9. The first-order chi connectivity index (χ1) is 43.7. The van der Waals surface area contributed by atoms with E-state index in [0.29, 0.717) is 39.0 Å². The molecule has 0 radical (unpaired) electrons. The lowest BCUT2D eigenvalue weighted by molar-refractivity contribution is -0.137. The Bertz CT molecular complexity index is 5050. The largest absolute Gasteiger partial charge is 0.420 e. The monoisotopic (exact) mass is 1160 g/mol. The van der Waals surface area contributed by atoms with Gasteiger partial charge >= 0.3 is 6.18 Å². The van der Waals surface area contributed by atoms with Gasteiger partial charge in [0.05, 0.1) is 66.9 Å². The Balaban J connectivity index is 1.16. The summed E-state index contributed by atoms with van der Waals surface area (Å²) in [5, 5.41) is 6.83. The van der Waals surface area contributed by atoms with Crippen molar-refractivity contribution in [3.8, 4) is 67.3 Å².